The molecule has 104 valence electrons. The largest absolute Gasteiger partial charge is 0.368 e. The molecular formula is C11H14FN3O3S. The third-order valence-corrected chi connectivity index (χ3v) is 4.89. The number of piperazine rings is 1. The van der Waals surface area contributed by atoms with Gasteiger partial charge in [0.2, 0.25) is 15.9 Å². The van der Waals surface area contributed by atoms with Gasteiger partial charge in [0, 0.05) is 19.6 Å². The Morgan fingerprint density at radius 2 is 2.11 bits per heavy atom. The first-order chi connectivity index (χ1) is 8.94. The maximum absolute atomic E-state index is 13.6. The van der Waals surface area contributed by atoms with Crippen LogP contribution in [0.3, 0.4) is 0 Å². The van der Waals surface area contributed by atoms with Crippen LogP contribution >= 0.6 is 0 Å². The van der Waals surface area contributed by atoms with Gasteiger partial charge in [0.15, 0.2) is 0 Å². The van der Waals surface area contributed by atoms with E-state index in [-0.39, 0.29) is 13.1 Å². The Morgan fingerprint density at radius 1 is 1.42 bits per heavy atom. The summed E-state index contributed by atoms with van der Waals surface area (Å²) >= 11 is 0. The maximum Gasteiger partial charge on any atom is 0.246 e. The van der Waals surface area contributed by atoms with Gasteiger partial charge in [-0.15, -0.1) is 0 Å². The third kappa shape index (κ3) is 2.60. The van der Waals surface area contributed by atoms with Crippen LogP contribution in [0.4, 0.5) is 4.39 Å². The Kier molecular flexibility index (Phi) is 3.83. The number of benzene rings is 1. The van der Waals surface area contributed by atoms with Gasteiger partial charge >= 0.3 is 0 Å². The van der Waals surface area contributed by atoms with Gasteiger partial charge in [-0.05, 0) is 12.1 Å². The summed E-state index contributed by atoms with van der Waals surface area (Å²) in [5, 5.41) is 2.88. The normalized spacial score (nSPS) is 21.2. The number of hydrogen-bond donors (Lipinski definition) is 2. The molecule has 0 radical (unpaired) electrons. The van der Waals surface area contributed by atoms with E-state index in [0.717, 1.165) is 10.4 Å². The van der Waals surface area contributed by atoms with E-state index in [1.54, 1.807) is 0 Å². The number of amides is 1. The quantitative estimate of drug-likeness (QED) is 0.767. The number of carbonyl (C=O) groups excluding carboxylic acids is 1. The number of nitrogens with one attached hydrogen (secondary N) is 1. The summed E-state index contributed by atoms with van der Waals surface area (Å²) in [6, 6.07) is 4.06. The summed E-state index contributed by atoms with van der Waals surface area (Å²) in [5.41, 5.74) is 5.19. The fourth-order valence-electron chi connectivity index (χ4n) is 2.00. The average molecular weight is 287 g/mol. The van der Waals surface area contributed by atoms with Crippen LogP contribution in [0.1, 0.15) is 0 Å². The Balaban J connectivity index is 2.43. The summed E-state index contributed by atoms with van der Waals surface area (Å²) in [6.07, 6.45) is 0. The van der Waals surface area contributed by atoms with Crippen LogP contribution in [0.15, 0.2) is 29.2 Å². The van der Waals surface area contributed by atoms with Crippen molar-refractivity contribution < 1.29 is 17.6 Å². The van der Waals surface area contributed by atoms with Crippen molar-refractivity contribution in [2.75, 3.05) is 19.6 Å². The van der Waals surface area contributed by atoms with Crippen molar-refractivity contribution in [3.8, 4) is 0 Å². The number of sulfonamides is 1. The zero-order chi connectivity index (χ0) is 14.0. The molecule has 0 spiro atoms. The molecule has 1 aliphatic heterocycles. The predicted octanol–water partition coefficient (Wildman–Crippen LogP) is -0.726. The molecule has 1 fully saturated rings. The summed E-state index contributed by atoms with van der Waals surface area (Å²) in [6.45, 7) is 0.588. The fourth-order valence-corrected chi connectivity index (χ4v) is 3.66. The summed E-state index contributed by atoms with van der Waals surface area (Å²) in [7, 11) is -4.07. The van der Waals surface area contributed by atoms with Crippen molar-refractivity contribution in [2.45, 2.75) is 10.9 Å². The number of hydrogen-bond acceptors (Lipinski definition) is 4. The highest BCUT2D eigenvalue weighted by atomic mass is 32.2. The first-order valence-electron chi connectivity index (χ1n) is 5.71. The van der Waals surface area contributed by atoms with Crippen molar-refractivity contribution in [3.63, 3.8) is 0 Å². The van der Waals surface area contributed by atoms with E-state index in [4.69, 9.17) is 5.73 Å². The van der Waals surface area contributed by atoms with Crippen molar-refractivity contribution in [2.24, 2.45) is 5.73 Å². The SMILES string of the molecule is NC(=O)C1CNCCN1S(=O)(=O)c1ccccc1F. The molecule has 0 bridgehead atoms. The van der Waals surface area contributed by atoms with Crippen LogP contribution in [0.2, 0.25) is 0 Å². The second-order valence-electron chi connectivity index (χ2n) is 4.17. The molecule has 19 heavy (non-hydrogen) atoms. The zero-order valence-corrected chi connectivity index (χ0v) is 10.9. The first kappa shape index (κ1) is 13.9. The molecule has 1 aliphatic rings. The highest BCUT2D eigenvalue weighted by molar-refractivity contribution is 7.89. The second kappa shape index (κ2) is 5.24. The lowest BCUT2D eigenvalue weighted by Crippen LogP contribution is -2.58. The molecule has 0 saturated carbocycles. The molecule has 8 heteroatoms. The van der Waals surface area contributed by atoms with Crippen LogP contribution in [0, 0.1) is 5.82 Å². The predicted molar refractivity (Wildman–Crippen MR) is 66.1 cm³/mol. The molecular weight excluding hydrogens is 273 g/mol. The lowest BCUT2D eigenvalue weighted by molar-refractivity contribution is -0.122. The van der Waals surface area contributed by atoms with Crippen LogP contribution in [-0.4, -0.2) is 44.3 Å². The minimum absolute atomic E-state index is 0.0737. The molecule has 1 unspecified atom stereocenters. The van der Waals surface area contributed by atoms with Crippen LogP contribution in [0.25, 0.3) is 0 Å². The van der Waals surface area contributed by atoms with Crippen molar-refractivity contribution in [3.05, 3.63) is 30.1 Å². The Bertz CT molecular complexity index is 591. The van der Waals surface area contributed by atoms with Crippen LogP contribution in [-0.2, 0) is 14.8 Å². The van der Waals surface area contributed by atoms with Crippen molar-refractivity contribution in [1.82, 2.24) is 9.62 Å². The summed E-state index contributed by atoms with van der Waals surface area (Å²) in [5.74, 6) is -1.60. The van der Waals surface area contributed by atoms with Gasteiger partial charge in [-0.25, -0.2) is 12.8 Å². The molecule has 1 atom stereocenters. The van der Waals surface area contributed by atoms with E-state index in [2.05, 4.69) is 5.32 Å². The molecule has 6 nitrogen and oxygen atoms in total. The van der Waals surface area contributed by atoms with E-state index < -0.39 is 32.7 Å². The van der Waals surface area contributed by atoms with Crippen LogP contribution < -0.4 is 11.1 Å². The number of primary amides is 1. The Hall–Kier alpha value is -1.51. The third-order valence-electron chi connectivity index (χ3n) is 2.95. The highest BCUT2D eigenvalue weighted by Crippen LogP contribution is 2.21. The highest BCUT2D eigenvalue weighted by Gasteiger charge is 2.37. The summed E-state index contributed by atoms with van der Waals surface area (Å²) in [4.78, 5) is 10.9. The molecule has 2 rings (SSSR count). The Labute approximate surface area is 110 Å². The number of halogens is 1. The topological polar surface area (TPSA) is 92.5 Å². The smallest absolute Gasteiger partial charge is 0.246 e. The first-order valence-corrected chi connectivity index (χ1v) is 7.15. The molecule has 1 amide bonds. The standard InChI is InChI=1S/C11H14FN3O3S/c12-8-3-1-2-4-10(8)19(17,18)15-6-5-14-7-9(15)11(13)16/h1-4,9,14H,5-7H2,(H2,13,16). The lowest BCUT2D eigenvalue weighted by atomic mass is 10.2. The van der Waals surface area contributed by atoms with E-state index in [9.17, 15) is 17.6 Å². The van der Waals surface area contributed by atoms with Gasteiger partial charge < -0.3 is 11.1 Å². The monoisotopic (exact) mass is 287 g/mol. The lowest BCUT2D eigenvalue weighted by Gasteiger charge is -2.33. The van der Waals surface area contributed by atoms with Crippen LogP contribution in [0.5, 0.6) is 0 Å². The second-order valence-corrected chi connectivity index (χ2v) is 6.03. The minimum atomic E-state index is -4.07. The van der Waals surface area contributed by atoms with E-state index in [0.29, 0.717) is 6.54 Å². The number of rotatable bonds is 3. The molecule has 0 aromatic heterocycles. The zero-order valence-electron chi connectivity index (χ0n) is 10.0. The number of nitrogens with zero attached hydrogens (tertiary/aromatic N) is 1. The maximum atomic E-state index is 13.6. The molecule has 3 N–H and O–H groups in total. The number of nitrogens with two attached hydrogens (primary N) is 1. The van der Waals surface area contributed by atoms with E-state index >= 15 is 0 Å². The van der Waals surface area contributed by atoms with Gasteiger partial charge in [0.05, 0.1) is 0 Å². The van der Waals surface area contributed by atoms with Gasteiger partial charge in [0.25, 0.3) is 0 Å². The molecule has 1 saturated heterocycles. The van der Waals surface area contributed by atoms with Gasteiger partial charge in [-0.3, -0.25) is 4.79 Å². The molecule has 1 heterocycles. The van der Waals surface area contributed by atoms with Crippen molar-refractivity contribution in [1.29, 1.82) is 0 Å². The minimum Gasteiger partial charge on any atom is -0.368 e. The van der Waals surface area contributed by atoms with Gasteiger partial charge in [-0.1, -0.05) is 12.1 Å². The van der Waals surface area contributed by atoms with E-state index in [1.165, 1.54) is 18.2 Å². The van der Waals surface area contributed by atoms with Gasteiger partial charge in [-0.2, -0.15) is 4.31 Å². The fraction of sp³-hybridized carbons (Fsp3) is 0.364. The number of carbonyl (C=O) groups is 1. The molecule has 0 aliphatic carbocycles. The summed E-state index contributed by atoms with van der Waals surface area (Å²) < 4.78 is 39.3. The molecule has 1 aromatic rings. The molecule has 1 aromatic carbocycles. The van der Waals surface area contributed by atoms with E-state index in [1.807, 2.05) is 0 Å². The average Bonchev–Trinajstić information content (AvgIpc) is 2.39. The van der Waals surface area contributed by atoms with Gasteiger partial charge in [0.1, 0.15) is 16.8 Å². The van der Waals surface area contributed by atoms with Crippen molar-refractivity contribution >= 4 is 15.9 Å². The Morgan fingerprint density at radius 3 is 2.74 bits per heavy atom.